The number of hydrogen-bond acceptors (Lipinski definition) is 4. The number of carbonyl (C=O) groups is 1. The Morgan fingerprint density at radius 2 is 2.15 bits per heavy atom. The average Bonchev–Trinajstić information content (AvgIpc) is 2.46. The van der Waals surface area contributed by atoms with Gasteiger partial charge in [-0.3, -0.25) is 9.78 Å². The van der Waals surface area contributed by atoms with Crippen LogP contribution in [0.5, 0.6) is 0 Å². The summed E-state index contributed by atoms with van der Waals surface area (Å²) in [6.07, 6.45) is 3.25. The highest BCUT2D eigenvalue weighted by molar-refractivity contribution is 5.88. The Balaban J connectivity index is 2.56. The van der Waals surface area contributed by atoms with Crippen molar-refractivity contribution in [3.8, 4) is 11.4 Å². The first kappa shape index (κ1) is 13.9. The number of rotatable bonds is 5. The third-order valence-corrected chi connectivity index (χ3v) is 2.86. The number of carboxylic acids is 1. The van der Waals surface area contributed by atoms with Gasteiger partial charge in [0.15, 0.2) is 0 Å². The third kappa shape index (κ3) is 2.90. The Morgan fingerprint density at radius 1 is 1.35 bits per heavy atom. The molecule has 6 nitrogen and oxygen atoms in total. The molecule has 2 aromatic heterocycles. The monoisotopic (exact) mass is 273 g/mol. The van der Waals surface area contributed by atoms with Crippen LogP contribution < -0.4 is 5.56 Å². The van der Waals surface area contributed by atoms with Crippen molar-refractivity contribution in [2.24, 2.45) is 0 Å². The molecule has 20 heavy (non-hydrogen) atoms. The molecule has 0 bridgehead atoms. The maximum Gasteiger partial charge on any atom is 0.341 e. The van der Waals surface area contributed by atoms with E-state index in [-0.39, 0.29) is 5.56 Å². The predicted octanol–water partition coefficient (Wildman–Crippen LogP) is 1.80. The summed E-state index contributed by atoms with van der Waals surface area (Å²) in [4.78, 5) is 27.3. The fourth-order valence-electron chi connectivity index (χ4n) is 1.79. The molecule has 0 fully saturated rings. The van der Waals surface area contributed by atoms with Crippen LogP contribution in [0, 0.1) is 0 Å². The van der Waals surface area contributed by atoms with Crippen LogP contribution in [0.3, 0.4) is 0 Å². The van der Waals surface area contributed by atoms with Crippen molar-refractivity contribution in [1.29, 1.82) is 0 Å². The first-order chi connectivity index (χ1) is 9.63. The van der Waals surface area contributed by atoms with Crippen molar-refractivity contribution in [3.63, 3.8) is 0 Å². The Morgan fingerprint density at radius 3 is 2.75 bits per heavy atom. The van der Waals surface area contributed by atoms with Crippen molar-refractivity contribution < 1.29 is 9.90 Å². The molecule has 0 aliphatic carbocycles. The molecule has 0 radical (unpaired) electrons. The Kier molecular flexibility index (Phi) is 4.24. The summed E-state index contributed by atoms with van der Waals surface area (Å²) in [5, 5.41) is 13.3. The minimum absolute atomic E-state index is 0.281. The first-order valence-corrected chi connectivity index (χ1v) is 6.40. The maximum absolute atomic E-state index is 12.0. The molecule has 0 aromatic carbocycles. The van der Waals surface area contributed by atoms with Gasteiger partial charge in [0.2, 0.25) is 0 Å². The van der Waals surface area contributed by atoms with Gasteiger partial charge < -0.3 is 5.11 Å². The van der Waals surface area contributed by atoms with E-state index >= 15 is 0 Å². The zero-order chi connectivity index (χ0) is 14.5. The number of carboxylic acid groups (broad SMARTS) is 1. The van der Waals surface area contributed by atoms with Crippen molar-refractivity contribution in [1.82, 2.24) is 14.8 Å². The lowest BCUT2D eigenvalue weighted by Crippen LogP contribution is -2.29. The van der Waals surface area contributed by atoms with Gasteiger partial charge in [0, 0.05) is 12.7 Å². The number of unbranched alkanes of at least 4 members (excludes halogenated alkanes) is 1. The second kappa shape index (κ2) is 6.10. The molecule has 2 rings (SSSR count). The molecular formula is C14H15N3O3. The molecule has 0 amide bonds. The maximum atomic E-state index is 12.0. The van der Waals surface area contributed by atoms with Crippen LogP contribution in [0.4, 0.5) is 0 Å². The van der Waals surface area contributed by atoms with Gasteiger partial charge in [-0.15, -0.1) is 0 Å². The van der Waals surface area contributed by atoms with Gasteiger partial charge in [-0.25, -0.2) is 9.48 Å². The second-order valence-electron chi connectivity index (χ2n) is 4.35. The largest absolute Gasteiger partial charge is 0.477 e. The highest BCUT2D eigenvalue weighted by atomic mass is 16.4. The lowest BCUT2D eigenvalue weighted by Gasteiger charge is -2.08. The van der Waals surface area contributed by atoms with Gasteiger partial charge >= 0.3 is 5.97 Å². The number of aromatic nitrogens is 3. The summed E-state index contributed by atoms with van der Waals surface area (Å²) in [6.45, 7) is 2.39. The van der Waals surface area contributed by atoms with E-state index in [1.807, 2.05) is 6.92 Å². The number of aryl methyl sites for hydroxylation is 1. The summed E-state index contributed by atoms with van der Waals surface area (Å²) in [5.74, 6) is -1.25. The normalized spacial score (nSPS) is 10.4. The van der Waals surface area contributed by atoms with E-state index in [4.69, 9.17) is 5.11 Å². The fourth-order valence-corrected chi connectivity index (χ4v) is 1.79. The summed E-state index contributed by atoms with van der Waals surface area (Å²) in [5.41, 5.74) is 0.0707. The molecular weight excluding hydrogens is 258 g/mol. The zero-order valence-corrected chi connectivity index (χ0v) is 11.1. The van der Waals surface area contributed by atoms with Crippen LogP contribution >= 0.6 is 0 Å². The zero-order valence-electron chi connectivity index (χ0n) is 11.1. The number of pyridine rings is 1. The second-order valence-corrected chi connectivity index (χ2v) is 4.35. The molecule has 0 saturated carbocycles. The van der Waals surface area contributed by atoms with Crippen LogP contribution in [0.15, 0.2) is 35.3 Å². The molecule has 1 N–H and O–H groups in total. The lowest BCUT2D eigenvalue weighted by molar-refractivity contribution is 0.0693. The van der Waals surface area contributed by atoms with E-state index in [2.05, 4.69) is 10.1 Å². The van der Waals surface area contributed by atoms with E-state index < -0.39 is 11.5 Å². The Bertz CT molecular complexity index is 665. The van der Waals surface area contributed by atoms with Crippen LogP contribution in [0.1, 0.15) is 30.1 Å². The van der Waals surface area contributed by atoms with Crippen LogP contribution in [0.25, 0.3) is 11.4 Å². The first-order valence-electron chi connectivity index (χ1n) is 6.40. The highest BCUT2D eigenvalue weighted by Crippen LogP contribution is 2.13. The van der Waals surface area contributed by atoms with Gasteiger partial charge in [0.1, 0.15) is 11.3 Å². The van der Waals surface area contributed by atoms with Gasteiger partial charge in [-0.1, -0.05) is 19.4 Å². The standard InChI is InChI=1S/C14H15N3O3/c1-2-3-8-17-13(18)10(14(19)20)9-12(16-17)11-6-4-5-7-15-11/h4-7,9H,2-3,8H2,1H3,(H,19,20). The lowest BCUT2D eigenvalue weighted by atomic mass is 10.2. The summed E-state index contributed by atoms with van der Waals surface area (Å²) in [7, 11) is 0. The van der Waals surface area contributed by atoms with Gasteiger partial charge in [0.05, 0.1) is 5.69 Å². The molecule has 0 atom stereocenters. The van der Waals surface area contributed by atoms with Crippen molar-refractivity contribution >= 4 is 5.97 Å². The van der Waals surface area contributed by atoms with Crippen molar-refractivity contribution in [2.75, 3.05) is 0 Å². The molecule has 6 heteroatoms. The molecule has 2 heterocycles. The summed E-state index contributed by atoms with van der Waals surface area (Å²) < 4.78 is 1.21. The van der Waals surface area contributed by atoms with Crippen LogP contribution in [0.2, 0.25) is 0 Å². The van der Waals surface area contributed by atoms with Crippen molar-refractivity contribution in [2.45, 2.75) is 26.3 Å². The number of nitrogens with zero attached hydrogens (tertiary/aromatic N) is 3. The molecule has 0 unspecified atom stereocenters. The van der Waals surface area contributed by atoms with E-state index in [1.54, 1.807) is 24.4 Å². The Hall–Kier alpha value is -2.50. The summed E-state index contributed by atoms with van der Waals surface area (Å²) >= 11 is 0. The third-order valence-electron chi connectivity index (χ3n) is 2.86. The molecule has 0 saturated heterocycles. The SMILES string of the molecule is CCCCn1nc(-c2ccccn2)cc(C(=O)O)c1=O. The minimum atomic E-state index is -1.25. The van der Waals surface area contributed by atoms with Crippen LogP contribution in [-0.2, 0) is 6.54 Å². The van der Waals surface area contributed by atoms with Crippen molar-refractivity contribution in [3.05, 3.63) is 46.4 Å². The van der Waals surface area contributed by atoms with Gasteiger partial charge in [-0.05, 0) is 24.6 Å². The molecule has 0 spiro atoms. The minimum Gasteiger partial charge on any atom is -0.477 e. The van der Waals surface area contributed by atoms with Gasteiger partial charge in [0.25, 0.3) is 5.56 Å². The molecule has 104 valence electrons. The van der Waals surface area contributed by atoms with E-state index in [1.165, 1.54) is 10.7 Å². The van der Waals surface area contributed by atoms with Crippen LogP contribution in [-0.4, -0.2) is 25.8 Å². The highest BCUT2D eigenvalue weighted by Gasteiger charge is 2.15. The number of hydrogen-bond donors (Lipinski definition) is 1. The predicted molar refractivity (Wildman–Crippen MR) is 73.6 cm³/mol. The fraction of sp³-hybridized carbons (Fsp3) is 0.286. The quantitative estimate of drug-likeness (QED) is 0.897. The van der Waals surface area contributed by atoms with Gasteiger partial charge in [-0.2, -0.15) is 5.10 Å². The molecule has 0 aliphatic heterocycles. The molecule has 0 aliphatic rings. The smallest absolute Gasteiger partial charge is 0.341 e. The summed E-state index contributed by atoms with van der Waals surface area (Å²) in [6, 6.07) is 6.54. The Labute approximate surface area is 115 Å². The average molecular weight is 273 g/mol. The topological polar surface area (TPSA) is 85.1 Å². The van der Waals surface area contributed by atoms with E-state index in [9.17, 15) is 9.59 Å². The van der Waals surface area contributed by atoms with E-state index in [0.29, 0.717) is 17.9 Å². The van der Waals surface area contributed by atoms with E-state index in [0.717, 1.165) is 12.8 Å². The number of aromatic carboxylic acids is 1. The molecule has 2 aromatic rings.